The number of nitrogens with one attached hydrogen (secondary N) is 1. The van der Waals surface area contributed by atoms with Crippen molar-refractivity contribution in [2.75, 3.05) is 5.32 Å². The van der Waals surface area contributed by atoms with E-state index >= 15 is 0 Å². The minimum Gasteiger partial charge on any atom is -0.322 e. The highest BCUT2D eigenvalue weighted by Crippen LogP contribution is 2.27. The Kier molecular flexibility index (Phi) is 4.90. The molecule has 0 fully saturated rings. The van der Waals surface area contributed by atoms with Crippen LogP contribution in [0.15, 0.2) is 41.6 Å². The molecule has 0 aliphatic rings. The number of hydrogen-bond acceptors (Lipinski definition) is 3. The molecule has 2 aromatic rings. The summed E-state index contributed by atoms with van der Waals surface area (Å²) in [4.78, 5) is 16.1. The van der Waals surface area contributed by atoms with Gasteiger partial charge in [0.15, 0.2) is 0 Å². The Labute approximate surface area is 125 Å². The van der Waals surface area contributed by atoms with Gasteiger partial charge in [-0.3, -0.25) is 4.79 Å². The van der Waals surface area contributed by atoms with Crippen molar-refractivity contribution in [3.05, 3.63) is 53.2 Å². The third-order valence-corrected chi connectivity index (χ3v) is 3.57. The molecular formula is C15H14F2N2OS. The molecule has 0 aliphatic heterocycles. The Morgan fingerprint density at radius 2 is 2.05 bits per heavy atom. The highest BCUT2D eigenvalue weighted by molar-refractivity contribution is 7.99. The molecule has 0 atom stereocenters. The summed E-state index contributed by atoms with van der Waals surface area (Å²) in [5, 5.41) is 2.75. The van der Waals surface area contributed by atoms with Crippen LogP contribution < -0.4 is 5.32 Å². The number of pyridine rings is 1. The molecule has 1 aromatic heterocycles. The highest BCUT2D eigenvalue weighted by Gasteiger charge is 2.17. The molecule has 1 amide bonds. The summed E-state index contributed by atoms with van der Waals surface area (Å²) in [7, 11) is 0. The van der Waals surface area contributed by atoms with E-state index in [9.17, 15) is 13.6 Å². The summed E-state index contributed by atoms with van der Waals surface area (Å²) in [5.41, 5.74) is 2.79. The molecule has 1 aromatic carbocycles. The van der Waals surface area contributed by atoms with Gasteiger partial charge in [-0.2, -0.15) is 8.78 Å². The molecule has 0 saturated carbocycles. The van der Waals surface area contributed by atoms with Crippen molar-refractivity contribution < 1.29 is 13.6 Å². The van der Waals surface area contributed by atoms with Crippen molar-refractivity contribution in [2.45, 2.75) is 24.6 Å². The number of amides is 1. The van der Waals surface area contributed by atoms with Gasteiger partial charge in [0, 0.05) is 11.9 Å². The normalized spacial score (nSPS) is 10.7. The molecule has 21 heavy (non-hydrogen) atoms. The molecule has 1 heterocycles. The van der Waals surface area contributed by atoms with Crippen LogP contribution in [0.5, 0.6) is 0 Å². The summed E-state index contributed by atoms with van der Waals surface area (Å²) < 4.78 is 25.0. The predicted molar refractivity (Wildman–Crippen MR) is 80.0 cm³/mol. The standard InChI is InChI=1S/C15H14F2N2OS/c1-9-5-6-12(10(2)8-9)19-13(20)11-4-3-7-18-14(11)21-15(16)17/h3-8,15H,1-2H3,(H,19,20). The molecule has 0 radical (unpaired) electrons. The second-order valence-electron chi connectivity index (χ2n) is 4.51. The van der Waals surface area contributed by atoms with Crippen molar-refractivity contribution in [3.8, 4) is 0 Å². The summed E-state index contributed by atoms with van der Waals surface area (Å²) in [6, 6.07) is 8.64. The van der Waals surface area contributed by atoms with E-state index in [1.165, 1.54) is 12.3 Å². The average Bonchev–Trinajstić information content (AvgIpc) is 2.42. The van der Waals surface area contributed by atoms with E-state index in [-0.39, 0.29) is 22.4 Å². The van der Waals surface area contributed by atoms with Gasteiger partial charge in [-0.25, -0.2) is 4.98 Å². The van der Waals surface area contributed by atoms with Crippen molar-refractivity contribution >= 4 is 23.4 Å². The molecule has 6 heteroatoms. The third kappa shape index (κ3) is 4.01. The molecule has 1 N–H and O–H groups in total. The number of carbonyl (C=O) groups is 1. The number of thioether (sulfide) groups is 1. The van der Waals surface area contributed by atoms with E-state index in [1.807, 2.05) is 26.0 Å². The van der Waals surface area contributed by atoms with Crippen molar-refractivity contribution in [1.29, 1.82) is 0 Å². The van der Waals surface area contributed by atoms with Crippen LogP contribution in [0.4, 0.5) is 14.5 Å². The lowest BCUT2D eigenvalue weighted by Gasteiger charge is -2.11. The van der Waals surface area contributed by atoms with E-state index in [4.69, 9.17) is 0 Å². The smallest absolute Gasteiger partial charge is 0.290 e. The lowest BCUT2D eigenvalue weighted by molar-refractivity contribution is 0.102. The SMILES string of the molecule is Cc1ccc(NC(=O)c2cccnc2SC(F)F)c(C)c1. The number of halogens is 2. The fourth-order valence-electron chi connectivity index (χ4n) is 1.89. The maximum absolute atomic E-state index is 12.5. The fraction of sp³-hybridized carbons (Fsp3) is 0.200. The zero-order chi connectivity index (χ0) is 15.4. The molecule has 3 nitrogen and oxygen atoms in total. The zero-order valence-electron chi connectivity index (χ0n) is 11.6. The topological polar surface area (TPSA) is 42.0 Å². The fourth-order valence-corrected chi connectivity index (χ4v) is 2.46. The number of benzene rings is 1. The van der Waals surface area contributed by atoms with Crippen LogP contribution in [0.25, 0.3) is 0 Å². The van der Waals surface area contributed by atoms with Gasteiger partial charge in [0.2, 0.25) is 0 Å². The third-order valence-electron chi connectivity index (χ3n) is 2.85. The van der Waals surface area contributed by atoms with Gasteiger partial charge in [-0.05, 0) is 49.4 Å². The maximum Gasteiger partial charge on any atom is 0.290 e. The van der Waals surface area contributed by atoms with E-state index in [1.54, 1.807) is 12.1 Å². The summed E-state index contributed by atoms with van der Waals surface area (Å²) in [5.74, 6) is -3.06. The van der Waals surface area contributed by atoms with Gasteiger partial charge in [-0.15, -0.1) is 0 Å². The first-order valence-electron chi connectivity index (χ1n) is 6.26. The Bertz CT molecular complexity index is 662. The first kappa shape index (κ1) is 15.4. The van der Waals surface area contributed by atoms with Crippen molar-refractivity contribution in [2.24, 2.45) is 0 Å². The number of anilines is 1. The molecule has 0 aliphatic carbocycles. The van der Waals surface area contributed by atoms with Crippen LogP contribution in [-0.2, 0) is 0 Å². The first-order valence-corrected chi connectivity index (χ1v) is 7.14. The van der Waals surface area contributed by atoms with Gasteiger partial charge < -0.3 is 5.32 Å². The summed E-state index contributed by atoms with van der Waals surface area (Å²) >= 11 is 0.265. The van der Waals surface area contributed by atoms with Gasteiger partial charge in [0.25, 0.3) is 11.7 Å². The first-order chi connectivity index (χ1) is 9.97. The second-order valence-corrected chi connectivity index (χ2v) is 5.49. The minimum absolute atomic E-state index is 0.0229. The average molecular weight is 308 g/mol. The Hall–Kier alpha value is -1.95. The lowest BCUT2D eigenvalue weighted by atomic mass is 10.1. The van der Waals surface area contributed by atoms with Crippen LogP contribution in [-0.4, -0.2) is 16.6 Å². The van der Waals surface area contributed by atoms with Gasteiger partial charge >= 0.3 is 0 Å². The number of hydrogen-bond donors (Lipinski definition) is 1. The number of alkyl halides is 2. The van der Waals surface area contributed by atoms with E-state index in [0.717, 1.165) is 11.1 Å². The van der Waals surface area contributed by atoms with E-state index < -0.39 is 11.7 Å². The molecule has 0 saturated heterocycles. The number of aryl methyl sites for hydroxylation is 2. The molecular weight excluding hydrogens is 294 g/mol. The van der Waals surface area contributed by atoms with Gasteiger partial charge in [0.05, 0.1) is 5.56 Å². The Morgan fingerprint density at radius 3 is 2.71 bits per heavy atom. The van der Waals surface area contributed by atoms with Crippen molar-refractivity contribution in [3.63, 3.8) is 0 Å². The molecule has 110 valence electrons. The monoisotopic (exact) mass is 308 g/mol. The van der Waals surface area contributed by atoms with Crippen LogP contribution >= 0.6 is 11.8 Å². The number of aromatic nitrogens is 1. The van der Waals surface area contributed by atoms with Crippen molar-refractivity contribution in [1.82, 2.24) is 4.98 Å². The highest BCUT2D eigenvalue weighted by atomic mass is 32.2. The number of carbonyl (C=O) groups excluding carboxylic acids is 1. The second kappa shape index (κ2) is 6.67. The quantitative estimate of drug-likeness (QED) is 0.858. The minimum atomic E-state index is -2.62. The van der Waals surface area contributed by atoms with Crippen LogP contribution in [0.2, 0.25) is 0 Å². The van der Waals surface area contributed by atoms with Crippen LogP contribution in [0.3, 0.4) is 0 Å². The molecule has 0 bridgehead atoms. The predicted octanol–water partition coefficient (Wildman–Crippen LogP) is 4.27. The van der Waals surface area contributed by atoms with Crippen LogP contribution in [0, 0.1) is 13.8 Å². The van der Waals surface area contributed by atoms with Gasteiger partial charge in [0.1, 0.15) is 5.03 Å². The number of nitrogens with zero attached hydrogens (tertiary/aromatic N) is 1. The Morgan fingerprint density at radius 1 is 1.29 bits per heavy atom. The Balaban J connectivity index is 2.24. The summed E-state index contributed by atoms with van der Waals surface area (Å²) in [6.07, 6.45) is 1.39. The summed E-state index contributed by atoms with van der Waals surface area (Å²) in [6.45, 7) is 3.83. The van der Waals surface area contributed by atoms with E-state index in [2.05, 4.69) is 10.3 Å². The largest absolute Gasteiger partial charge is 0.322 e. The maximum atomic E-state index is 12.5. The molecule has 2 rings (SSSR count). The van der Waals surface area contributed by atoms with Crippen LogP contribution in [0.1, 0.15) is 21.5 Å². The number of rotatable bonds is 4. The zero-order valence-corrected chi connectivity index (χ0v) is 12.4. The van der Waals surface area contributed by atoms with Gasteiger partial charge in [-0.1, -0.05) is 17.7 Å². The van der Waals surface area contributed by atoms with E-state index in [0.29, 0.717) is 5.69 Å². The lowest BCUT2D eigenvalue weighted by Crippen LogP contribution is -2.14. The molecule has 0 unspecified atom stereocenters. The molecule has 0 spiro atoms.